The average molecular weight is 388 g/mol. The Morgan fingerprint density at radius 1 is 0.931 bits per heavy atom. The number of esters is 1. The summed E-state index contributed by atoms with van der Waals surface area (Å²) in [7, 11) is 0. The molecule has 0 bridgehead atoms. The van der Waals surface area contributed by atoms with Gasteiger partial charge in [0.05, 0.1) is 0 Å². The smallest absolute Gasteiger partial charge is 0.350 e. The van der Waals surface area contributed by atoms with Gasteiger partial charge >= 0.3 is 11.7 Å². The van der Waals surface area contributed by atoms with E-state index in [1.54, 1.807) is 72.9 Å². The zero-order valence-electron chi connectivity index (χ0n) is 15.2. The van der Waals surface area contributed by atoms with Crippen LogP contribution in [0.3, 0.4) is 0 Å². The van der Waals surface area contributed by atoms with Crippen LogP contribution in [0, 0.1) is 0 Å². The number of hydrogen-bond acceptors (Lipinski definition) is 5. The lowest BCUT2D eigenvalue weighted by molar-refractivity contribution is -0.135. The van der Waals surface area contributed by atoms with Crippen LogP contribution in [0.2, 0.25) is 0 Å². The van der Waals surface area contributed by atoms with E-state index in [2.05, 4.69) is 10.4 Å². The number of benzene rings is 2. The molecule has 1 amide bonds. The van der Waals surface area contributed by atoms with Crippen molar-refractivity contribution in [1.82, 2.24) is 14.2 Å². The zero-order valence-corrected chi connectivity index (χ0v) is 15.2. The third-order valence-corrected chi connectivity index (χ3v) is 4.15. The summed E-state index contributed by atoms with van der Waals surface area (Å²) in [5.41, 5.74) is 1.14. The van der Waals surface area contributed by atoms with E-state index >= 15 is 0 Å². The van der Waals surface area contributed by atoms with Crippen molar-refractivity contribution in [3.63, 3.8) is 0 Å². The summed E-state index contributed by atoms with van der Waals surface area (Å²) in [5, 5.41) is 6.85. The van der Waals surface area contributed by atoms with Crippen LogP contribution in [-0.4, -0.2) is 26.1 Å². The molecule has 29 heavy (non-hydrogen) atoms. The highest BCUT2D eigenvalue weighted by atomic mass is 16.5. The minimum Gasteiger partial charge on any atom is -0.425 e. The van der Waals surface area contributed by atoms with Gasteiger partial charge in [-0.2, -0.15) is 0 Å². The SMILES string of the molecule is O=C(Cn1nc2ccccn2c1=O)Oc1ccc(NC(=O)c2ccccc2)cc1. The minimum atomic E-state index is -0.628. The van der Waals surface area contributed by atoms with Gasteiger partial charge in [0.15, 0.2) is 5.65 Å². The summed E-state index contributed by atoms with van der Waals surface area (Å²) in [6.45, 7) is -0.312. The monoisotopic (exact) mass is 388 g/mol. The number of anilines is 1. The lowest BCUT2D eigenvalue weighted by Gasteiger charge is -2.07. The maximum Gasteiger partial charge on any atom is 0.350 e. The summed E-state index contributed by atoms with van der Waals surface area (Å²) in [4.78, 5) is 36.5. The molecule has 0 aliphatic rings. The van der Waals surface area contributed by atoms with Gasteiger partial charge < -0.3 is 10.1 Å². The second-order valence-corrected chi connectivity index (χ2v) is 6.19. The molecule has 4 aromatic rings. The Kier molecular flexibility index (Phi) is 4.90. The van der Waals surface area contributed by atoms with E-state index in [4.69, 9.17) is 4.74 Å². The van der Waals surface area contributed by atoms with Gasteiger partial charge in [0.2, 0.25) is 0 Å². The van der Waals surface area contributed by atoms with Gasteiger partial charge in [-0.3, -0.25) is 9.20 Å². The fraction of sp³-hybridized carbons (Fsp3) is 0.0476. The molecule has 144 valence electrons. The standard InChI is InChI=1S/C21H16N4O4/c26-19(14-25-21(28)24-13-5-4-8-18(24)23-25)29-17-11-9-16(10-12-17)22-20(27)15-6-2-1-3-7-15/h1-13H,14H2,(H,22,27). The third kappa shape index (κ3) is 4.06. The number of rotatable bonds is 5. The number of carbonyl (C=O) groups is 2. The third-order valence-electron chi connectivity index (χ3n) is 4.15. The molecule has 0 unspecified atom stereocenters. The fourth-order valence-electron chi connectivity index (χ4n) is 2.76. The second-order valence-electron chi connectivity index (χ2n) is 6.19. The number of nitrogens with one attached hydrogen (secondary N) is 1. The molecule has 1 N–H and O–H groups in total. The molecular formula is C21H16N4O4. The summed E-state index contributed by atoms with van der Waals surface area (Å²) in [5.74, 6) is -0.567. The Labute approximate surface area is 165 Å². The van der Waals surface area contributed by atoms with Gasteiger partial charge in [-0.1, -0.05) is 24.3 Å². The number of carbonyl (C=O) groups excluding carboxylic acids is 2. The number of fused-ring (bicyclic) bond motifs is 1. The quantitative estimate of drug-likeness (QED) is 0.418. The van der Waals surface area contributed by atoms with Crippen molar-refractivity contribution in [2.75, 3.05) is 5.32 Å². The first-order valence-corrected chi connectivity index (χ1v) is 8.81. The summed E-state index contributed by atoms with van der Waals surface area (Å²) in [6.07, 6.45) is 1.58. The molecule has 0 spiro atoms. The first-order chi connectivity index (χ1) is 14.1. The Balaban J connectivity index is 1.39. The lowest BCUT2D eigenvalue weighted by Crippen LogP contribution is -2.27. The molecule has 8 heteroatoms. The topological polar surface area (TPSA) is 94.7 Å². The van der Waals surface area contributed by atoms with Crippen molar-refractivity contribution < 1.29 is 14.3 Å². The van der Waals surface area contributed by atoms with Gasteiger partial charge in [-0.15, -0.1) is 5.10 Å². The van der Waals surface area contributed by atoms with Crippen LogP contribution >= 0.6 is 0 Å². The molecule has 8 nitrogen and oxygen atoms in total. The van der Waals surface area contributed by atoms with Crippen molar-refractivity contribution in [2.45, 2.75) is 6.54 Å². The lowest BCUT2D eigenvalue weighted by atomic mass is 10.2. The maximum absolute atomic E-state index is 12.2. The van der Waals surface area contributed by atoms with E-state index in [1.807, 2.05) is 6.07 Å². The molecule has 2 aromatic heterocycles. The van der Waals surface area contributed by atoms with Crippen LogP contribution in [0.1, 0.15) is 10.4 Å². The van der Waals surface area contributed by atoms with Crippen LogP contribution in [-0.2, 0) is 11.3 Å². The van der Waals surface area contributed by atoms with Crippen LogP contribution in [0.5, 0.6) is 5.75 Å². The predicted molar refractivity (Wildman–Crippen MR) is 106 cm³/mol. The Hall–Kier alpha value is -4.20. The van der Waals surface area contributed by atoms with E-state index in [0.717, 1.165) is 4.68 Å². The van der Waals surface area contributed by atoms with Crippen molar-refractivity contribution in [1.29, 1.82) is 0 Å². The van der Waals surface area contributed by atoms with E-state index in [0.29, 0.717) is 22.6 Å². The Bertz CT molecular complexity index is 1230. The molecule has 2 aromatic carbocycles. The highest BCUT2D eigenvalue weighted by Crippen LogP contribution is 2.17. The first-order valence-electron chi connectivity index (χ1n) is 8.81. The van der Waals surface area contributed by atoms with Crippen LogP contribution in [0.25, 0.3) is 5.65 Å². The van der Waals surface area contributed by atoms with Gasteiger partial charge in [0.25, 0.3) is 5.91 Å². The zero-order chi connectivity index (χ0) is 20.2. The van der Waals surface area contributed by atoms with Gasteiger partial charge in [0.1, 0.15) is 12.3 Å². The summed E-state index contributed by atoms with van der Waals surface area (Å²) in [6, 6.07) is 20.3. The van der Waals surface area contributed by atoms with E-state index in [-0.39, 0.29) is 12.5 Å². The molecular weight excluding hydrogens is 372 g/mol. The van der Waals surface area contributed by atoms with Crippen LogP contribution in [0.4, 0.5) is 5.69 Å². The Morgan fingerprint density at radius 2 is 1.66 bits per heavy atom. The van der Waals surface area contributed by atoms with E-state index < -0.39 is 11.7 Å². The van der Waals surface area contributed by atoms with E-state index in [1.165, 1.54) is 4.40 Å². The van der Waals surface area contributed by atoms with E-state index in [9.17, 15) is 14.4 Å². The average Bonchev–Trinajstić information content (AvgIpc) is 3.05. The highest BCUT2D eigenvalue weighted by Gasteiger charge is 2.12. The number of ether oxygens (including phenoxy) is 1. The molecule has 4 rings (SSSR count). The number of nitrogens with zero attached hydrogens (tertiary/aromatic N) is 3. The number of amides is 1. The van der Waals surface area contributed by atoms with Crippen LogP contribution in [0.15, 0.2) is 83.8 Å². The normalized spacial score (nSPS) is 10.6. The van der Waals surface area contributed by atoms with Crippen LogP contribution < -0.4 is 15.7 Å². The summed E-state index contributed by atoms with van der Waals surface area (Å²) < 4.78 is 7.65. The molecule has 0 radical (unpaired) electrons. The first kappa shape index (κ1) is 18.2. The second kappa shape index (κ2) is 7.81. The van der Waals surface area contributed by atoms with Crippen molar-refractivity contribution >= 4 is 23.2 Å². The number of pyridine rings is 1. The molecule has 0 aliphatic heterocycles. The molecule has 0 aliphatic carbocycles. The molecule has 2 heterocycles. The van der Waals surface area contributed by atoms with Gasteiger partial charge in [0, 0.05) is 17.4 Å². The van der Waals surface area contributed by atoms with Crippen molar-refractivity contribution in [3.8, 4) is 5.75 Å². The van der Waals surface area contributed by atoms with Crippen molar-refractivity contribution in [2.24, 2.45) is 0 Å². The fourth-order valence-corrected chi connectivity index (χ4v) is 2.76. The molecule has 0 saturated carbocycles. The maximum atomic E-state index is 12.2. The molecule has 0 saturated heterocycles. The predicted octanol–water partition coefficient (Wildman–Crippen LogP) is 2.35. The van der Waals surface area contributed by atoms with Gasteiger partial charge in [-0.05, 0) is 48.5 Å². The van der Waals surface area contributed by atoms with Gasteiger partial charge in [-0.25, -0.2) is 14.3 Å². The summed E-state index contributed by atoms with van der Waals surface area (Å²) >= 11 is 0. The molecule has 0 fully saturated rings. The Morgan fingerprint density at radius 3 is 2.38 bits per heavy atom. The minimum absolute atomic E-state index is 0.235. The number of hydrogen-bond donors (Lipinski definition) is 1. The highest BCUT2D eigenvalue weighted by molar-refractivity contribution is 6.04. The largest absolute Gasteiger partial charge is 0.425 e. The number of aromatic nitrogens is 3. The van der Waals surface area contributed by atoms with Crippen molar-refractivity contribution in [3.05, 3.63) is 95.0 Å². The molecule has 0 atom stereocenters.